The lowest BCUT2D eigenvalue weighted by Gasteiger charge is -2.07. The van der Waals surface area contributed by atoms with E-state index < -0.39 is 5.91 Å². The predicted octanol–water partition coefficient (Wildman–Crippen LogP) is 3.82. The summed E-state index contributed by atoms with van der Waals surface area (Å²) in [5, 5.41) is 3.40. The van der Waals surface area contributed by atoms with Crippen molar-refractivity contribution in [1.82, 2.24) is 14.5 Å². The Labute approximate surface area is 170 Å². The number of nitrogens with one attached hydrogen (secondary N) is 1. The first-order valence-corrected chi connectivity index (χ1v) is 9.93. The first-order valence-electron chi connectivity index (χ1n) is 9.12. The van der Waals surface area contributed by atoms with Crippen molar-refractivity contribution in [3.8, 4) is 5.75 Å². The molecule has 0 fully saturated rings. The quantitative estimate of drug-likeness (QED) is 0.535. The third kappa shape index (κ3) is 3.49. The van der Waals surface area contributed by atoms with Gasteiger partial charge in [-0.3, -0.25) is 19.5 Å². The number of fused-ring (bicyclic) bond motifs is 2. The zero-order valence-corrected chi connectivity index (χ0v) is 17.3. The Morgan fingerprint density at radius 2 is 2.17 bits per heavy atom. The summed E-state index contributed by atoms with van der Waals surface area (Å²) < 4.78 is 13.2. The second-order valence-electron chi connectivity index (χ2n) is 7.12. The number of nitrogens with zero attached hydrogens (tertiary/aromatic N) is 3. The number of aryl methyl sites for hydroxylation is 1. The minimum absolute atomic E-state index is 0.159. The highest BCUT2D eigenvalue weighted by Gasteiger charge is 2.24. The van der Waals surface area contributed by atoms with Gasteiger partial charge in [-0.2, -0.15) is 0 Å². The molecule has 1 N–H and O–H groups in total. The van der Waals surface area contributed by atoms with Crippen molar-refractivity contribution in [1.29, 1.82) is 0 Å². The Morgan fingerprint density at radius 3 is 2.90 bits per heavy atom. The average molecular weight is 412 g/mol. The maximum atomic E-state index is 13.0. The van der Waals surface area contributed by atoms with Crippen molar-refractivity contribution in [2.24, 2.45) is 5.92 Å². The summed E-state index contributed by atoms with van der Waals surface area (Å²) in [6.45, 7) is 6.17. The van der Waals surface area contributed by atoms with E-state index in [-0.39, 0.29) is 28.1 Å². The lowest BCUT2D eigenvalue weighted by atomic mass is 10.1. The lowest BCUT2D eigenvalue weighted by Crippen LogP contribution is -2.24. The van der Waals surface area contributed by atoms with Gasteiger partial charge in [0.15, 0.2) is 5.13 Å². The maximum absolute atomic E-state index is 13.0. The third-order valence-corrected chi connectivity index (χ3v) is 5.39. The van der Waals surface area contributed by atoms with Crippen LogP contribution in [-0.2, 0) is 6.54 Å². The number of amides is 1. The predicted molar refractivity (Wildman–Crippen MR) is 112 cm³/mol. The Bertz CT molecular complexity index is 1290. The molecular formula is C20H20N4O4S. The van der Waals surface area contributed by atoms with Gasteiger partial charge >= 0.3 is 0 Å². The number of anilines is 1. The standard InChI is InChI=1S/C20H20N4O4S/c1-10(2)8-24-9-21-18-16(19(24)26)15(11(3)28-18)17(25)23-20-22-13-6-5-12(27-4)7-14(13)29-20/h5-7,9-10H,8H2,1-4H3,(H,22,23,25). The number of methoxy groups -OCH3 is 1. The summed E-state index contributed by atoms with van der Waals surface area (Å²) in [4.78, 5) is 34.6. The van der Waals surface area contributed by atoms with E-state index in [0.717, 1.165) is 10.2 Å². The normalized spacial score (nSPS) is 11.5. The van der Waals surface area contributed by atoms with Crippen LogP contribution in [0.3, 0.4) is 0 Å². The molecule has 0 radical (unpaired) electrons. The Kier molecular flexibility index (Phi) is 4.83. The summed E-state index contributed by atoms with van der Waals surface area (Å²) >= 11 is 1.33. The van der Waals surface area contributed by atoms with E-state index >= 15 is 0 Å². The van der Waals surface area contributed by atoms with Gasteiger partial charge in [0.1, 0.15) is 23.2 Å². The zero-order chi connectivity index (χ0) is 20.7. The molecule has 0 saturated heterocycles. The fraction of sp³-hybridized carbons (Fsp3) is 0.300. The third-order valence-electron chi connectivity index (χ3n) is 4.46. The molecule has 1 amide bonds. The van der Waals surface area contributed by atoms with Crippen LogP contribution in [0.1, 0.15) is 30.0 Å². The van der Waals surface area contributed by atoms with Crippen LogP contribution in [0.25, 0.3) is 21.3 Å². The fourth-order valence-corrected chi connectivity index (χ4v) is 4.07. The number of hydrogen-bond acceptors (Lipinski definition) is 7. The lowest BCUT2D eigenvalue weighted by molar-refractivity contribution is 0.102. The number of thiazole rings is 1. The molecule has 0 saturated carbocycles. The van der Waals surface area contributed by atoms with E-state index in [0.29, 0.717) is 23.2 Å². The summed E-state index contributed by atoms with van der Waals surface area (Å²) in [6, 6.07) is 5.49. The van der Waals surface area contributed by atoms with Gasteiger partial charge in [-0.1, -0.05) is 25.2 Å². The van der Waals surface area contributed by atoms with Crippen molar-refractivity contribution in [3.63, 3.8) is 0 Å². The van der Waals surface area contributed by atoms with Crippen molar-refractivity contribution < 1.29 is 13.9 Å². The molecule has 0 aliphatic rings. The number of aromatic nitrogens is 3. The van der Waals surface area contributed by atoms with Crippen LogP contribution in [0.5, 0.6) is 5.75 Å². The first-order chi connectivity index (χ1) is 13.9. The number of hydrogen-bond donors (Lipinski definition) is 1. The minimum Gasteiger partial charge on any atom is -0.497 e. The van der Waals surface area contributed by atoms with E-state index in [2.05, 4.69) is 15.3 Å². The molecule has 3 aromatic heterocycles. The molecule has 29 heavy (non-hydrogen) atoms. The van der Waals surface area contributed by atoms with E-state index in [1.54, 1.807) is 14.0 Å². The molecule has 1 aromatic carbocycles. The fourth-order valence-electron chi connectivity index (χ4n) is 3.18. The van der Waals surface area contributed by atoms with Crippen LogP contribution in [0.4, 0.5) is 5.13 Å². The van der Waals surface area contributed by atoms with E-state index in [4.69, 9.17) is 9.15 Å². The number of benzene rings is 1. The topological polar surface area (TPSA) is 99.2 Å². The van der Waals surface area contributed by atoms with Gasteiger partial charge in [0.05, 0.1) is 22.9 Å². The molecule has 0 bridgehead atoms. The van der Waals surface area contributed by atoms with Gasteiger partial charge in [0.2, 0.25) is 5.71 Å². The Hall–Kier alpha value is -3.20. The summed E-state index contributed by atoms with van der Waals surface area (Å²) in [7, 11) is 1.60. The van der Waals surface area contributed by atoms with Gasteiger partial charge in [0, 0.05) is 6.54 Å². The monoisotopic (exact) mass is 412 g/mol. The van der Waals surface area contributed by atoms with E-state index in [1.165, 1.54) is 22.2 Å². The Morgan fingerprint density at radius 1 is 1.38 bits per heavy atom. The molecule has 0 atom stereocenters. The summed E-state index contributed by atoms with van der Waals surface area (Å²) in [5.74, 6) is 0.866. The molecule has 0 unspecified atom stereocenters. The van der Waals surface area contributed by atoms with Gasteiger partial charge in [-0.05, 0) is 31.0 Å². The summed E-state index contributed by atoms with van der Waals surface area (Å²) in [5.41, 5.74) is 0.805. The second kappa shape index (κ2) is 7.32. The molecule has 3 heterocycles. The molecule has 4 aromatic rings. The van der Waals surface area contributed by atoms with Gasteiger partial charge in [-0.15, -0.1) is 0 Å². The number of ether oxygens (including phenoxy) is 1. The largest absolute Gasteiger partial charge is 0.497 e. The molecule has 150 valence electrons. The van der Waals surface area contributed by atoms with Crippen LogP contribution in [0.15, 0.2) is 33.7 Å². The van der Waals surface area contributed by atoms with E-state index in [1.807, 2.05) is 32.0 Å². The van der Waals surface area contributed by atoms with Crippen molar-refractivity contribution in [2.75, 3.05) is 12.4 Å². The molecular weight excluding hydrogens is 392 g/mol. The van der Waals surface area contributed by atoms with Crippen molar-refractivity contribution in [3.05, 3.63) is 46.2 Å². The highest BCUT2D eigenvalue weighted by atomic mass is 32.1. The first kappa shape index (κ1) is 19.1. The Balaban J connectivity index is 1.73. The van der Waals surface area contributed by atoms with E-state index in [9.17, 15) is 9.59 Å². The van der Waals surface area contributed by atoms with Gasteiger partial charge < -0.3 is 9.15 Å². The van der Waals surface area contributed by atoms with Crippen LogP contribution in [0.2, 0.25) is 0 Å². The zero-order valence-electron chi connectivity index (χ0n) is 16.5. The number of rotatable bonds is 5. The molecule has 0 aliphatic carbocycles. The highest BCUT2D eigenvalue weighted by Crippen LogP contribution is 2.30. The minimum atomic E-state index is -0.450. The number of carbonyl (C=O) groups excluding carboxylic acids is 1. The average Bonchev–Trinajstić information content (AvgIpc) is 3.22. The van der Waals surface area contributed by atoms with Crippen LogP contribution >= 0.6 is 11.3 Å². The van der Waals surface area contributed by atoms with Crippen LogP contribution < -0.4 is 15.6 Å². The molecule has 8 nitrogen and oxygen atoms in total. The van der Waals surface area contributed by atoms with Crippen molar-refractivity contribution >= 4 is 43.7 Å². The number of carbonyl (C=O) groups is 1. The second-order valence-corrected chi connectivity index (χ2v) is 8.15. The SMILES string of the molecule is COc1ccc2nc(NC(=O)c3c(C)oc4ncn(CC(C)C)c(=O)c34)sc2c1. The highest BCUT2D eigenvalue weighted by molar-refractivity contribution is 7.22. The van der Waals surface area contributed by atoms with Crippen LogP contribution in [0, 0.1) is 12.8 Å². The van der Waals surface area contributed by atoms with Gasteiger partial charge in [-0.25, -0.2) is 9.97 Å². The molecule has 0 aliphatic heterocycles. The number of furan rings is 1. The van der Waals surface area contributed by atoms with Gasteiger partial charge in [0.25, 0.3) is 11.5 Å². The van der Waals surface area contributed by atoms with Crippen molar-refractivity contribution in [2.45, 2.75) is 27.3 Å². The maximum Gasteiger partial charge on any atom is 0.265 e. The molecule has 9 heteroatoms. The molecule has 0 spiro atoms. The summed E-state index contributed by atoms with van der Waals surface area (Å²) in [6.07, 6.45) is 1.45. The van der Waals surface area contributed by atoms with Crippen LogP contribution in [-0.4, -0.2) is 27.6 Å². The smallest absolute Gasteiger partial charge is 0.265 e. The molecule has 4 rings (SSSR count).